The van der Waals surface area contributed by atoms with Crippen molar-refractivity contribution in [3.63, 3.8) is 0 Å². The second kappa shape index (κ2) is 9.92. The van der Waals surface area contributed by atoms with Gasteiger partial charge in [-0.3, -0.25) is 0 Å². The molecule has 0 spiro atoms. The van der Waals surface area contributed by atoms with Gasteiger partial charge in [-0.05, 0) is 80.4 Å². The Morgan fingerprint density at radius 3 is 2.14 bits per heavy atom. The first kappa shape index (κ1) is 21.3. The summed E-state index contributed by atoms with van der Waals surface area (Å²) in [5, 5.41) is 0. The highest BCUT2D eigenvalue weighted by Crippen LogP contribution is 2.41. The Hall–Kier alpha value is -0.930. The van der Waals surface area contributed by atoms with Crippen molar-refractivity contribution in [3.05, 3.63) is 35.1 Å². The van der Waals surface area contributed by atoms with Crippen LogP contribution < -0.4 is 0 Å². The van der Waals surface area contributed by atoms with Crippen LogP contribution in [0.15, 0.2) is 18.2 Å². The quantitative estimate of drug-likeness (QED) is 0.528. The van der Waals surface area contributed by atoms with E-state index >= 15 is 0 Å². The van der Waals surface area contributed by atoms with Crippen LogP contribution in [0, 0.1) is 36.4 Å². The van der Waals surface area contributed by atoms with E-state index in [9.17, 15) is 4.39 Å². The molecule has 3 aliphatic rings. The van der Waals surface area contributed by atoms with E-state index in [2.05, 4.69) is 13.0 Å². The van der Waals surface area contributed by atoms with Crippen LogP contribution in [0.1, 0.15) is 88.2 Å². The zero-order valence-corrected chi connectivity index (χ0v) is 18.4. The van der Waals surface area contributed by atoms with Crippen LogP contribution >= 0.6 is 0 Å². The van der Waals surface area contributed by atoms with Crippen molar-refractivity contribution in [1.29, 1.82) is 0 Å². The highest BCUT2D eigenvalue weighted by molar-refractivity contribution is 5.26. The van der Waals surface area contributed by atoms with Gasteiger partial charge in [-0.15, -0.1) is 0 Å². The van der Waals surface area contributed by atoms with Crippen LogP contribution in [-0.2, 0) is 9.47 Å². The molecule has 0 amide bonds. The fourth-order valence-electron chi connectivity index (χ4n) is 6.02. The normalized spacial score (nSPS) is 36.1. The van der Waals surface area contributed by atoms with Gasteiger partial charge >= 0.3 is 0 Å². The predicted octanol–water partition coefficient (Wildman–Crippen LogP) is 7.00. The average Bonchev–Trinajstić information content (AvgIpc) is 2.77. The molecule has 0 atom stereocenters. The van der Waals surface area contributed by atoms with Crippen molar-refractivity contribution in [1.82, 2.24) is 0 Å². The van der Waals surface area contributed by atoms with Gasteiger partial charge in [-0.2, -0.15) is 0 Å². The lowest BCUT2D eigenvalue weighted by Gasteiger charge is -2.41. The molecule has 1 aromatic carbocycles. The number of ether oxygens (including phenoxy) is 2. The van der Waals surface area contributed by atoms with Crippen molar-refractivity contribution in [3.8, 4) is 0 Å². The van der Waals surface area contributed by atoms with Crippen LogP contribution in [0.4, 0.5) is 4.39 Å². The largest absolute Gasteiger partial charge is 0.352 e. The van der Waals surface area contributed by atoms with Crippen molar-refractivity contribution in [2.24, 2.45) is 23.7 Å². The summed E-state index contributed by atoms with van der Waals surface area (Å²) < 4.78 is 26.4. The van der Waals surface area contributed by atoms with E-state index in [-0.39, 0.29) is 12.1 Å². The molecule has 3 fully saturated rings. The topological polar surface area (TPSA) is 18.5 Å². The Morgan fingerprint density at radius 2 is 1.52 bits per heavy atom. The third-order valence-corrected chi connectivity index (χ3v) is 8.03. The Morgan fingerprint density at radius 1 is 0.862 bits per heavy atom. The van der Waals surface area contributed by atoms with E-state index in [0.29, 0.717) is 17.8 Å². The minimum Gasteiger partial charge on any atom is -0.352 e. The van der Waals surface area contributed by atoms with Gasteiger partial charge in [-0.25, -0.2) is 4.39 Å². The molecule has 1 aromatic rings. The molecule has 2 aliphatic carbocycles. The van der Waals surface area contributed by atoms with Crippen molar-refractivity contribution in [2.75, 3.05) is 13.2 Å². The lowest BCUT2D eigenvalue weighted by molar-refractivity contribution is -0.236. The molecule has 29 heavy (non-hydrogen) atoms. The van der Waals surface area contributed by atoms with E-state index in [4.69, 9.17) is 9.47 Å². The Kier molecular flexibility index (Phi) is 7.29. The number of hydrogen-bond donors (Lipinski definition) is 0. The molecule has 0 unspecified atom stereocenters. The van der Waals surface area contributed by atoms with Crippen LogP contribution in [0.2, 0.25) is 0 Å². The number of aryl methyl sites for hydroxylation is 1. The van der Waals surface area contributed by atoms with Crippen LogP contribution in [0.25, 0.3) is 0 Å². The Balaban J connectivity index is 1.21. The maximum absolute atomic E-state index is 13.9. The number of benzene rings is 1. The van der Waals surface area contributed by atoms with Gasteiger partial charge < -0.3 is 9.47 Å². The predicted molar refractivity (Wildman–Crippen MR) is 115 cm³/mol. The lowest BCUT2D eigenvalue weighted by atomic mass is 9.74. The molecule has 0 aromatic heterocycles. The van der Waals surface area contributed by atoms with E-state index in [1.807, 2.05) is 13.0 Å². The highest BCUT2D eigenvalue weighted by Gasteiger charge is 2.36. The zero-order valence-electron chi connectivity index (χ0n) is 18.4. The minimum absolute atomic E-state index is 0.0154. The van der Waals surface area contributed by atoms with Gasteiger partial charge in [0.15, 0.2) is 6.29 Å². The summed E-state index contributed by atoms with van der Waals surface area (Å²) in [4.78, 5) is 0. The fraction of sp³-hybridized carbons (Fsp3) is 0.769. The summed E-state index contributed by atoms with van der Waals surface area (Å²) in [5.74, 6) is 3.28. The molecule has 2 saturated carbocycles. The molecule has 3 heteroatoms. The van der Waals surface area contributed by atoms with Crippen molar-refractivity contribution in [2.45, 2.75) is 90.3 Å². The molecule has 1 saturated heterocycles. The standard InChI is InChI=1S/C26H39FO2/c1-3-4-19-6-9-21(10-7-19)24-16-28-26(29-17-24)22-13-11-20(12-14-22)23-8-5-18(2)25(27)15-23/h5,8,15,19-22,24,26H,3-4,6-7,9-14,16-17H2,1-2H3. The van der Waals surface area contributed by atoms with Gasteiger partial charge in [0.05, 0.1) is 13.2 Å². The maximum Gasteiger partial charge on any atom is 0.160 e. The summed E-state index contributed by atoms with van der Waals surface area (Å²) in [5.41, 5.74) is 1.90. The van der Waals surface area contributed by atoms with Gasteiger partial charge in [0.25, 0.3) is 0 Å². The molecule has 0 N–H and O–H groups in total. The molecule has 2 nitrogen and oxygen atoms in total. The second-order valence-electron chi connectivity index (χ2n) is 9.98. The fourth-order valence-corrected chi connectivity index (χ4v) is 6.02. The molecule has 0 radical (unpaired) electrons. The number of halogens is 1. The summed E-state index contributed by atoms with van der Waals surface area (Å²) in [6.45, 7) is 5.91. The molecule has 1 aliphatic heterocycles. The molecule has 1 heterocycles. The summed E-state index contributed by atoms with van der Waals surface area (Å²) in [7, 11) is 0. The van der Waals surface area contributed by atoms with Crippen LogP contribution in [0.5, 0.6) is 0 Å². The smallest absolute Gasteiger partial charge is 0.160 e. The molecular formula is C26H39FO2. The van der Waals surface area contributed by atoms with E-state index < -0.39 is 0 Å². The molecule has 162 valence electrons. The van der Waals surface area contributed by atoms with Crippen LogP contribution in [0.3, 0.4) is 0 Å². The van der Waals surface area contributed by atoms with Gasteiger partial charge in [-0.1, -0.05) is 44.7 Å². The Labute approximate surface area is 176 Å². The minimum atomic E-state index is -0.0710. The Bertz CT molecular complexity index is 636. The molecule has 4 rings (SSSR count). The van der Waals surface area contributed by atoms with E-state index in [0.717, 1.165) is 61.9 Å². The monoisotopic (exact) mass is 402 g/mol. The summed E-state index contributed by atoms with van der Waals surface area (Å²) >= 11 is 0. The third kappa shape index (κ3) is 5.22. The zero-order chi connectivity index (χ0) is 20.2. The highest BCUT2D eigenvalue weighted by atomic mass is 19.1. The first-order valence-corrected chi connectivity index (χ1v) is 12.1. The second-order valence-corrected chi connectivity index (χ2v) is 9.98. The first-order valence-electron chi connectivity index (χ1n) is 12.1. The van der Waals surface area contributed by atoms with Crippen molar-refractivity contribution < 1.29 is 13.9 Å². The maximum atomic E-state index is 13.9. The lowest BCUT2D eigenvalue weighted by Crippen LogP contribution is -2.41. The van der Waals surface area contributed by atoms with Gasteiger partial charge in [0.1, 0.15) is 5.82 Å². The molecular weight excluding hydrogens is 363 g/mol. The number of hydrogen-bond acceptors (Lipinski definition) is 2. The van der Waals surface area contributed by atoms with Gasteiger partial charge in [0, 0.05) is 11.8 Å². The summed E-state index contributed by atoms with van der Waals surface area (Å²) in [6.07, 6.45) is 12.7. The summed E-state index contributed by atoms with van der Waals surface area (Å²) in [6, 6.07) is 5.77. The van der Waals surface area contributed by atoms with Crippen molar-refractivity contribution >= 4 is 0 Å². The average molecular weight is 403 g/mol. The van der Waals surface area contributed by atoms with E-state index in [1.54, 1.807) is 6.07 Å². The third-order valence-electron chi connectivity index (χ3n) is 8.03. The first-order chi connectivity index (χ1) is 14.1. The van der Waals surface area contributed by atoms with E-state index in [1.165, 1.54) is 38.5 Å². The van der Waals surface area contributed by atoms with Crippen LogP contribution in [-0.4, -0.2) is 19.5 Å². The number of rotatable bonds is 5. The molecule has 0 bridgehead atoms. The van der Waals surface area contributed by atoms with Gasteiger partial charge in [0.2, 0.25) is 0 Å². The SMILES string of the molecule is CCCC1CCC(C2COC(C3CCC(c4ccc(C)c(F)c4)CC3)OC2)CC1.